The van der Waals surface area contributed by atoms with Crippen molar-refractivity contribution in [2.24, 2.45) is 0 Å². The van der Waals surface area contributed by atoms with Gasteiger partial charge in [0.05, 0.1) is 17.2 Å². The van der Waals surface area contributed by atoms with Crippen molar-refractivity contribution < 1.29 is 9.34 Å². The molecule has 1 aromatic carbocycles. The third-order valence-electron chi connectivity index (χ3n) is 2.83. The summed E-state index contributed by atoms with van der Waals surface area (Å²) in [5.41, 5.74) is 1.23. The van der Waals surface area contributed by atoms with E-state index in [2.05, 4.69) is 10.3 Å². The fourth-order valence-electron chi connectivity index (χ4n) is 1.69. The van der Waals surface area contributed by atoms with Crippen LogP contribution in [0, 0.1) is 35.3 Å². The van der Waals surface area contributed by atoms with Gasteiger partial charge < -0.3 is 9.73 Å². The van der Waals surface area contributed by atoms with Crippen LogP contribution in [0.15, 0.2) is 22.6 Å². The number of nitrogens with zero attached hydrogens (tertiary/aromatic N) is 3. The van der Waals surface area contributed by atoms with Crippen molar-refractivity contribution >= 4 is 11.4 Å². The molecule has 0 aliphatic rings. The molecule has 0 aliphatic carbocycles. The molecule has 0 spiro atoms. The number of nitriles is 1. The van der Waals surface area contributed by atoms with Gasteiger partial charge in [0.25, 0.3) is 5.69 Å². The lowest BCUT2D eigenvalue weighted by Crippen LogP contribution is -2.01. The molecule has 7 nitrogen and oxygen atoms in total. The zero-order valence-corrected chi connectivity index (χ0v) is 11.0. The third-order valence-corrected chi connectivity index (χ3v) is 2.83. The van der Waals surface area contributed by atoms with Crippen molar-refractivity contribution in [1.82, 2.24) is 4.98 Å². The van der Waals surface area contributed by atoms with Gasteiger partial charge in [0, 0.05) is 11.8 Å². The average Bonchev–Trinajstić information content (AvgIpc) is 2.75. The largest absolute Gasteiger partial charge is 0.444 e. The topological polar surface area (TPSA) is 105 Å². The van der Waals surface area contributed by atoms with Crippen molar-refractivity contribution in [3.8, 4) is 6.07 Å². The summed E-state index contributed by atoms with van der Waals surface area (Å²) in [4.78, 5) is 14.4. The number of nitrogens with one attached hydrogen (secondary N) is 1. The molecular weight excluding hydrogens is 260 g/mol. The number of aromatic nitrogens is 1. The van der Waals surface area contributed by atoms with Crippen molar-refractivity contribution in [2.75, 3.05) is 5.32 Å². The summed E-state index contributed by atoms with van der Waals surface area (Å²) in [6, 6.07) is 6.08. The Morgan fingerprint density at radius 1 is 1.50 bits per heavy atom. The summed E-state index contributed by atoms with van der Waals surface area (Å²) in [6.07, 6.45) is 0. The Bertz CT molecular complexity index is 681. The predicted molar refractivity (Wildman–Crippen MR) is 71.1 cm³/mol. The monoisotopic (exact) mass is 272 g/mol. The fourth-order valence-corrected chi connectivity index (χ4v) is 1.69. The molecule has 0 saturated heterocycles. The van der Waals surface area contributed by atoms with Crippen LogP contribution in [0.25, 0.3) is 0 Å². The van der Waals surface area contributed by atoms with Crippen molar-refractivity contribution in [1.29, 1.82) is 5.26 Å². The molecule has 0 amide bonds. The van der Waals surface area contributed by atoms with Crippen LogP contribution < -0.4 is 5.32 Å². The number of nitro benzene ring substituents is 1. The molecule has 20 heavy (non-hydrogen) atoms. The summed E-state index contributed by atoms with van der Waals surface area (Å²) in [5.74, 6) is 1.28. The van der Waals surface area contributed by atoms with Crippen LogP contribution in [0.2, 0.25) is 0 Å². The van der Waals surface area contributed by atoms with Crippen molar-refractivity contribution in [3.63, 3.8) is 0 Å². The molecule has 1 aromatic heterocycles. The zero-order valence-electron chi connectivity index (χ0n) is 11.0. The minimum Gasteiger partial charge on any atom is -0.444 e. The Labute approximate surface area is 115 Å². The molecule has 7 heteroatoms. The van der Waals surface area contributed by atoms with E-state index in [9.17, 15) is 10.1 Å². The summed E-state index contributed by atoms with van der Waals surface area (Å²) in [5, 5.41) is 22.6. The van der Waals surface area contributed by atoms with E-state index in [-0.39, 0.29) is 11.3 Å². The van der Waals surface area contributed by atoms with Gasteiger partial charge in [0.1, 0.15) is 17.4 Å². The van der Waals surface area contributed by atoms with Crippen LogP contribution in [0.4, 0.5) is 11.4 Å². The van der Waals surface area contributed by atoms with Gasteiger partial charge in [-0.1, -0.05) is 0 Å². The molecular formula is C13H12N4O3. The molecule has 1 heterocycles. The highest BCUT2D eigenvalue weighted by molar-refractivity contribution is 5.58. The van der Waals surface area contributed by atoms with E-state index in [4.69, 9.17) is 9.68 Å². The number of hydrogen-bond donors (Lipinski definition) is 1. The minimum atomic E-state index is -0.580. The van der Waals surface area contributed by atoms with Gasteiger partial charge in [0.15, 0.2) is 0 Å². The highest BCUT2D eigenvalue weighted by atomic mass is 16.6. The van der Waals surface area contributed by atoms with Gasteiger partial charge in [-0.15, -0.1) is 0 Å². The van der Waals surface area contributed by atoms with Crippen LogP contribution in [-0.4, -0.2) is 9.91 Å². The first kappa shape index (κ1) is 13.5. The van der Waals surface area contributed by atoms with E-state index in [1.54, 1.807) is 6.07 Å². The van der Waals surface area contributed by atoms with Gasteiger partial charge in [-0.3, -0.25) is 10.1 Å². The highest BCUT2D eigenvalue weighted by Crippen LogP contribution is 2.22. The Morgan fingerprint density at radius 2 is 2.25 bits per heavy atom. The molecule has 1 N–H and O–H groups in total. The SMILES string of the molecule is Cc1nc(CNc2ccc([N+](=O)[O-])c(C#N)c2)oc1C. The first-order valence-corrected chi connectivity index (χ1v) is 5.86. The fraction of sp³-hybridized carbons (Fsp3) is 0.231. The predicted octanol–water partition coefficient (Wildman–Crippen LogP) is 2.68. The standard InChI is InChI=1S/C13H12N4O3/c1-8-9(2)20-13(16-8)7-15-11-3-4-12(17(18)19)10(5-11)6-14/h3-5,15H,7H2,1-2H3. The number of hydrogen-bond acceptors (Lipinski definition) is 6. The molecule has 0 aliphatic heterocycles. The van der Waals surface area contributed by atoms with E-state index in [1.807, 2.05) is 19.9 Å². The van der Waals surface area contributed by atoms with E-state index in [1.165, 1.54) is 12.1 Å². The lowest BCUT2D eigenvalue weighted by molar-refractivity contribution is -0.385. The van der Waals surface area contributed by atoms with Gasteiger partial charge in [-0.2, -0.15) is 5.26 Å². The number of aryl methyl sites for hydroxylation is 2. The van der Waals surface area contributed by atoms with Crippen LogP contribution >= 0.6 is 0 Å². The quantitative estimate of drug-likeness (QED) is 0.677. The second-order valence-electron chi connectivity index (χ2n) is 4.20. The summed E-state index contributed by atoms with van der Waals surface area (Å²) >= 11 is 0. The number of rotatable bonds is 4. The van der Waals surface area contributed by atoms with E-state index < -0.39 is 4.92 Å². The number of oxazole rings is 1. The average molecular weight is 272 g/mol. The Hall–Kier alpha value is -2.88. The lowest BCUT2D eigenvalue weighted by Gasteiger charge is -2.04. The van der Waals surface area contributed by atoms with E-state index in [0.717, 1.165) is 11.5 Å². The number of nitro groups is 1. The van der Waals surface area contributed by atoms with Crippen molar-refractivity contribution in [2.45, 2.75) is 20.4 Å². The van der Waals surface area contributed by atoms with Crippen LogP contribution in [-0.2, 0) is 6.54 Å². The van der Waals surface area contributed by atoms with Crippen LogP contribution in [0.3, 0.4) is 0 Å². The zero-order chi connectivity index (χ0) is 14.7. The third kappa shape index (κ3) is 2.75. The van der Waals surface area contributed by atoms with Gasteiger partial charge in [0.2, 0.25) is 5.89 Å². The summed E-state index contributed by atoms with van der Waals surface area (Å²) < 4.78 is 5.41. The maximum absolute atomic E-state index is 10.7. The Balaban J connectivity index is 2.14. The highest BCUT2D eigenvalue weighted by Gasteiger charge is 2.14. The molecule has 2 rings (SSSR count). The number of anilines is 1. The molecule has 0 atom stereocenters. The van der Waals surface area contributed by atoms with Gasteiger partial charge in [-0.05, 0) is 26.0 Å². The molecule has 0 fully saturated rings. The maximum atomic E-state index is 10.7. The van der Waals surface area contributed by atoms with Crippen molar-refractivity contribution in [3.05, 3.63) is 51.2 Å². The summed E-state index contributed by atoms with van der Waals surface area (Å²) in [6.45, 7) is 4.02. The molecule has 2 aromatic rings. The number of benzene rings is 1. The van der Waals surface area contributed by atoms with Crippen LogP contribution in [0.5, 0.6) is 0 Å². The first-order chi connectivity index (χ1) is 9.51. The molecule has 0 bridgehead atoms. The maximum Gasteiger partial charge on any atom is 0.287 e. The second kappa shape index (κ2) is 5.40. The minimum absolute atomic E-state index is 0.0137. The lowest BCUT2D eigenvalue weighted by atomic mass is 10.2. The molecule has 102 valence electrons. The smallest absolute Gasteiger partial charge is 0.287 e. The molecule has 0 saturated carbocycles. The van der Waals surface area contributed by atoms with E-state index >= 15 is 0 Å². The van der Waals surface area contributed by atoms with Gasteiger partial charge in [-0.25, -0.2) is 4.98 Å². The second-order valence-corrected chi connectivity index (χ2v) is 4.20. The van der Waals surface area contributed by atoms with E-state index in [0.29, 0.717) is 18.1 Å². The normalized spacial score (nSPS) is 10.1. The van der Waals surface area contributed by atoms with Gasteiger partial charge >= 0.3 is 0 Å². The molecule has 0 radical (unpaired) electrons. The molecule has 0 unspecified atom stereocenters. The Kier molecular flexibility index (Phi) is 3.66. The summed E-state index contributed by atoms with van der Waals surface area (Å²) in [7, 11) is 0. The first-order valence-electron chi connectivity index (χ1n) is 5.86. The Morgan fingerprint density at radius 3 is 2.80 bits per heavy atom. The van der Waals surface area contributed by atoms with Crippen LogP contribution in [0.1, 0.15) is 22.9 Å².